The molecule has 0 unspecified atom stereocenters. The fraction of sp³-hybridized carbons (Fsp3) is 0.0909. The van der Waals surface area contributed by atoms with Gasteiger partial charge in [0.2, 0.25) is 10.6 Å². The molecule has 0 aromatic carbocycles. The minimum absolute atomic E-state index is 0.106. The number of hydrogen-bond acceptors (Lipinski definition) is 6. The Morgan fingerprint density at radius 1 is 0.913 bits per heavy atom. The highest BCUT2D eigenvalue weighted by molar-refractivity contribution is 6.35. The minimum Gasteiger partial charge on any atom is -0.341 e. The van der Waals surface area contributed by atoms with Gasteiger partial charge in [0.1, 0.15) is 11.0 Å². The summed E-state index contributed by atoms with van der Waals surface area (Å²) in [5.74, 6) is 0. The van der Waals surface area contributed by atoms with Gasteiger partial charge in [0.15, 0.2) is 21.6 Å². The number of aryl methyl sites for hydroxylation is 1. The highest BCUT2D eigenvalue weighted by Gasteiger charge is 2.08. The van der Waals surface area contributed by atoms with E-state index in [1.165, 1.54) is 6.33 Å². The van der Waals surface area contributed by atoms with Crippen molar-refractivity contribution in [2.24, 2.45) is 7.05 Å². The molecule has 0 amide bonds. The van der Waals surface area contributed by atoms with Gasteiger partial charge in [0, 0.05) is 7.05 Å². The smallest absolute Gasteiger partial charge is 0.225 e. The van der Waals surface area contributed by atoms with Crippen LogP contribution in [0.2, 0.25) is 20.9 Å². The third kappa shape index (κ3) is 3.30. The van der Waals surface area contributed by atoms with E-state index >= 15 is 0 Å². The van der Waals surface area contributed by atoms with E-state index in [1.54, 1.807) is 10.9 Å². The van der Waals surface area contributed by atoms with Crippen molar-refractivity contribution in [3.8, 4) is 0 Å². The Balaban J connectivity index is 0.000000136. The number of nitrogens with zero attached hydrogens (tertiary/aromatic N) is 7. The van der Waals surface area contributed by atoms with E-state index in [2.05, 4.69) is 34.9 Å². The number of aromatic amines is 1. The number of fused-ring (bicyclic) bond motifs is 2. The first-order valence-corrected chi connectivity index (χ1v) is 7.49. The summed E-state index contributed by atoms with van der Waals surface area (Å²) in [4.78, 5) is 25.9. The van der Waals surface area contributed by atoms with Gasteiger partial charge in [-0.2, -0.15) is 9.97 Å². The van der Waals surface area contributed by atoms with Crippen molar-refractivity contribution in [1.82, 2.24) is 39.5 Å². The molecule has 1 N–H and O–H groups in total. The van der Waals surface area contributed by atoms with E-state index in [0.29, 0.717) is 22.3 Å². The molecular formula is C11H6Cl4N8. The van der Waals surface area contributed by atoms with E-state index in [-0.39, 0.29) is 20.9 Å². The predicted octanol–water partition coefficient (Wildman–Crippen LogP) is 3.33. The fourth-order valence-electron chi connectivity index (χ4n) is 1.72. The molecule has 0 saturated carbocycles. The molecule has 0 spiro atoms. The zero-order chi connectivity index (χ0) is 16.6. The molecule has 0 atom stereocenters. The van der Waals surface area contributed by atoms with Gasteiger partial charge in [-0.05, 0) is 23.2 Å². The molecule has 0 saturated heterocycles. The highest BCUT2D eigenvalue weighted by Crippen LogP contribution is 2.19. The molecule has 118 valence electrons. The van der Waals surface area contributed by atoms with Gasteiger partial charge in [-0.15, -0.1) is 0 Å². The number of halogens is 4. The third-order valence-corrected chi connectivity index (χ3v) is 3.58. The zero-order valence-electron chi connectivity index (χ0n) is 11.3. The van der Waals surface area contributed by atoms with Crippen molar-refractivity contribution < 1.29 is 0 Å². The van der Waals surface area contributed by atoms with Crippen LogP contribution in [0.25, 0.3) is 22.3 Å². The quantitative estimate of drug-likeness (QED) is 0.364. The van der Waals surface area contributed by atoms with Crippen LogP contribution < -0.4 is 0 Å². The van der Waals surface area contributed by atoms with Crippen LogP contribution in [0.5, 0.6) is 0 Å². The second kappa shape index (κ2) is 6.40. The van der Waals surface area contributed by atoms with Crippen molar-refractivity contribution in [2.75, 3.05) is 0 Å². The number of aromatic nitrogens is 8. The Morgan fingerprint density at radius 3 is 2.39 bits per heavy atom. The van der Waals surface area contributed by atoms with Crippen LogP contribution in [-0.2, 0) is 7.05 Å². The molecule has 0 aliphatic heterocycles. The summed E-state index contributed by atoms with van der Waals surface area (Å²) >= 11 is 22.6. The number of rotatable bonds is 0. The van der Waals surface area contributed by atoms with Crippen molar-refractivity contribution in [1.29, 1.82) is 0 Å². The van der Waals surface area contributed by atoms with Gasteiger partial charge in [-0.25, -0.2) is 19.9 Å². The lowest BCUT2D eigenvalue weighted by molar-refractivity contribution is 0.928. The lowest BCUT2D eigenvalue weighted by Crippen LogP contribution is -1.90. The standard InChI is InChI=1S/C6H4Cl2N4.C5H2Cl2N4/c1-12-2-9-3-4(7)10-6(8)11-5(3)12;6-3-2-4(9-1-8-2)11-5(7)10-3/h2H,1H3;1H,(H,8,9,10,11). The Labute approximate surface area is 148 Å². The van der Waals surface area contributed by atoms with Crippen LogP contribution in [0, 0.1) is 0 Å². The lowest BCUT2D eigenvalue weighted by Gasteiger charge is -1.94. The Bertz CT molecular complexity index is 994. The fourth-order valence-corrected chi connectivity index (χ4v) is 2.57. The first-order chi connectivity index (χ1) is 11.0. The van der Waals surface area contributed by atoms with Crippen molar-refractivity contribution in [3.63, 3.8) is 0 Å². The van der Waals surface area contributed by atoms with E-state index in [4.69, 9.17) is 46.4 Å². The van der Waals surface area contributed by atoms with Crippen LogP contribution in [0.4, 0.5) is 0 Å². The summed E-state index contributed by atoms with van der Waals surface area (Å²) in [5.41, 5.74) is 2.30. The number of imidazole rings is 2. The van der Waals surface area contributed by atoms with Gasteiger partial charge in [-0.1, -0.05) is 23.2 Å². The van der Waals surface area contributed by atoms with E-state index < -0.39 is 0 Å². The molecule has 0 aliphatic carbocycles. The minimum atomic E-state index is 0.106. The van der Waals surface area contributed by atoms with Crippen LogP contribution in [0.1, 0.15) is 0 Å². The Kier molecular flexibility index (Phi) is 4.49. The molecule has 4 heterocycles. The summed E-state index contributed by atoms with van der Waals surface area (Å²) in [5, 5.41) is 0.814. The first kappa shape index (κ1) is 16.1. The van der Waals surface area contributed by atoms with Gasteiger partial charge < -0.3 is 9.55 Å². The molecule has 8 nitrogen and oxygen atoms in total. The Hall–Kier alpha value is -1.74. The number of hydrogen-bond donors (Lipinski definition) is 1. The molecule has 0 aliphatic rings. The summed E-state index contributed by atoms with van der Waals surface area (Å²) < 4.78 is 1.73. The summed E-state index contributed by atoms with van der Waals surface area (Å²) in [7, 11) is 1.81. The highest BCUT2D eigenvalue weighted by atomic mass is 35.5. The second-order valence-corrected chi connectivity index (χ2v) is 5.59. The molecule has 4 rings (SSSR count). The van der Waals surface area contributed by atoms with Crippen molar-refractivity contribution in [2.45, 2.75) is 0 Å². The molecule has 12 heteroatoms. The van der Waals surface area contributed by atoms with Crippen LogP contribution >= 0.6 is 46.4 Å². The molecule has 4 aromatic rings. The van der Waals surface area contributed by atoms with Crippen LogP contribution in [0.3, 0.4) is 0 Å². The average Bonchev–Trinajstić information content (AvgIpc) is 3.07. The number of H-pyrrole nitrogens is 1. The van der Waals surface area contributed by atoms with Crippen molar-refractivity contribution in [3.05, 3.63) is 33.5 Å². The van der Waals surface area contributed by atoms with E-state index in [0.717, 1.165) is 0 Å². The molecule has 0 fully saturated rings. The average molecular weight is 392 g/mol. The summed E-state index contributed by atoms with van der Waals surface area (Å²) in [6.07, 6.45) is 3.10. The van der Waals surface area contributed by atoms with E-state index in [9.17, 15) is 0 Å². The van der Waals surface area contributed by atoms with E-state index in [1.807, 2.05) is 7.05 Å². The van der Waals surface area contributed by atoms with Crippen LogP contribution in [0.15, 0.2) is 12.7 Å². The SMILES string of the molecule is Clc1nc(Cl)c2[nH]cnc2n1.Cn1cnc2c(Cl)nc(Cl)nc21. The Morgan fingerprint density at radius 2 is 1.61 bits per heavy atom. The maximum Gasteiger partial charge on any atom is 0.225 e. The summed E-state index contributed by atoms with van der Waals surface area (Å²) in [6.45, 7) is 0. The molecule has 0 radical (unpaired) electrons. The summed E-state index contributed by atoms with van der Waals surface area (Å²) in [6, 6.07) is 0. The topological polar surface area (TPSA) is 98.1 Å². The predicted molar refractivity (Wildman–Crippen MR) is 88.0 cm³/mol. The third-order valence-electron chi connectivity index (χ3n) is 2.70. The van der Waals surface area contributed by atoms with Crippen molar-refractivity contribution >= 4 is 68.7 Å². The lowest BCUT2D eigenvalue weighted by atomic mass is 10.5. The molecular weight excluding hydrogens is 386 g/mol. The van der Waals surface area contributed by atoms with Gasteiger partial charge in [0.25, 0.3) is 0 Å². The largest absolute Gasteiger partial charge is 0.341 e. The molecule has 0 bridgehead atoms. The first-order valence-electron chi connectivity index (χ1n) is 5.98. The maximum absolute atomic E-state index is 5.76. The zero-order valence-corrected chi connectivity index (χ0v) is 14.3. The second-order valence-electron chi connectivity index (χ2n) is 4.20. The molecule has 4 aromatic heterocycles. The van der Waals surface area contributed by atoms with Gasteiger partial charge in [-0.3, -0.25) is 0 Å². The number of nitrogens with one attached hydrogen (secondary N) is 1. The molecule has 23 heavy (non-hydrogen) atoms. The normalized spacial score (nSPS) is 10.8. The van der Waals surface area contributed by atoms with Crippen LogP contribution in [-0.4, -0.2) is 39.5 Å². The van der Waals surface area contributed by atoms with Gasteiger partial charge >= 0.3 is 0 Å². The monoisotopic (exact) mass is 390 g/mol. The van der Waals surface area contributed by atoms with Gasteiger partial charge in [0.05, 0.1) is 12.7 Å². The maximum atomic E-state index is 5.76.